The van der Waals surface area contributed by atoms with Gasteiger partial charge in [-0.25, -0.2) is 14.4 Å². The third-order valence-electron chi connectivity index (χ3n) is 4.32. The first-order chi connectivity index (χ1) is 13.5. The van der Waals surface area contributed by atoms with Crippen LogP contribution in [0.15, 0.2) is 54.6 Å². The molecule has 2 aromatic carbocycles. The Balaban J connectivity index is 1.62. The maximum absolute atomic E-state index is 12.9. The zero-order chi connectivity index (χ0) is 19.9. The summed E-state index contributed by atoms with van der Waals surface area (Å²) in [5.41, 5.74) is 3.42. The lowest BCUT2D eigenvalue weighted by molar-refractivity contribution is 0.0949. The third kappa shape index (κ3) is 5.36. The summed E-state index contributed by atoms with van der Waals surface area (Å²) in [7, 11) is 0. The van der Waals surface area contributed by atoms with Crippen LogP contribution in [0.1, 0.15) is 34.4 Å². The normalized spacial score (nSPS) is 10.5. The zero-order valence-corrected chi connectivity index (χ0v) is 16.0. The first-order valence-electron chi connectivity index (χ1n) is 9.28. The highest BCUT2D eigenvalue weighted by Gasteiger charge is 2.10. The third-order valence-corrected chi connectivity index (χ3v) is 4.32. The van der Waals surface area contributed by atoms with Gasteiger partial charge in [0.25, 0.3) is 5.91 Å². The van der Waals surface area contributed by atoms with Crippen molar-refractivity contribution in [1.82, 2.24) is 15.3 Å². The molecule has 3 aromatic rings. The predicted molar refractivity (Wildman–Crippen MR) is 108 cm³/mol. The molecule has 0 spiro atoms. The van der Waals surface area contributed by atoms with Crippen molar-refractivity contribution in [3.8, 4) is 0 Å². The fourth-order valence-electron chi connectivity index (χ4n) is 2.78. The Morgan fingerprint density at radius 2 is 1.68 bits per heavy atom. The van der Waals surface area contributed by atoms with E-state index in [1.807, 2.05) is 12.1 Å². The minimum Gasteiger partial charge on any atom is -0.350 e. The van der Waals surface area contributed by atoms with Gasteiger partial charge >= 0.3 is 0 Å². The number of hydrogen-bond acceptors (Lipinski definition) is 4. The molecule has 1 heterocycles. The van der Waals surface area contributed by atoms with Crippen molar-refractivity contribution in [2.24, 2.45) is 0 Å². The molecule has 28 heavy (non-hydrogen) atoms. The SMILES string of the molecule is CCc1ccc(Nc2cc(C(=O)NCCc3ccc(F)cc3)nc(C)n2)cc1. The van der Waals surface area contributed by atoms with E-state index in [1.165, 1.54) is 17.7 Å². The average molecular weight is 378 g/mol. The number of carbonyl (C=O) groups excluding carboxylic acids is 1. The Bertz CT molecular complexity index is 940. The summed E-state index contributed by atoms with van der Waals surface area (Å²) in [6.45, 7) is 4.30. The Morgan fingerprint density at radius 1 is 1.00 bits per heavy atom. The number of aromatic nitrogens is 2. The van der Waals surface area contributed by atoms with Crippen molar-refractivity contribution in [3.05, 3.63) is 83.1 Å². The first kappa shape index (κ1) is 19.5. The molecule has 0 saturated carbocycles. The van der Waals surface area contributed by atoms with E-state index in [9.17, 15) is 9.18 Å². The minimum absolute atomic E-state index is 0.267. The highest BCUT2D eigenvalue weighted by Crippen LogP contribution is 2.16. The smallest absolute Gasteiger partial charge is 0.270 e. The fraction of sp³-hybridized carbons (Fsp3) is 0.227. The van der Waals surface area contributed by atoms with E-state index in [4.69, 9.17) is 0 Å². The van der Waals surface area contributed by atoms with Crippen molar-refractivity contribution < 1.29 is 9.18 Å². The lowest BCUT2D eigenvalue weighted by atomic mass is 10.1. The molecular weight excluding hydrogens is 355 g/mol. The second-order valence-corrected chi connectivity index (χ2v) is 6.49. The molecule has 144 valence electrons. The largest absolute Gasteiger partial charge is 0.350 e. The summed E-state index contributed by atoms with van der Waals surface area (Å²) in [6.07, 6.45) is 1.60. The summed E-state index contributed by atoms with van der Waals surface area (Å²) in [5, 5.41) is 6.06. The van der Waals surface area contributed by atoms with Crippen LogP contribution in [0.5, 0.6) is 0 Å². The van der Waals surface area contributed by atoms with Crippen LogP contribution in [-0.4, -0.2) is 22.4 Å². The predicted octanol–water partition coefficient (Wildman–Crippen LogP) is 4.20. The van der Waals surface area contributed by atoms with Crippen LogP contribution in [0.25, 0.3) is 0 Å². The van der Waals surface area contributed by atoms with Crippen LogP contribution in [0.4, 0.5) is 15.9 Å². The van der Waals surface area contributed by atoms with Crippen LogP contribution in [0.2, 0.25) is 0 Å². The summed E-state index contributed by atoms with van der Waals surface area (Å²) in [6, 6.07) is 16.0. The number of nitrogens with one attached hydrogen (secondary N) is 2. The van der Waals surface area contributed by atoms with Gasteiger partial charge < -0.3 is 10.6 Å². The molecule has 6 heteroatoms. The van der Waals surface area contributed by atoms with Gasteiger partial charge in [-0.15, -0.1) is 0 Å². The van der Waals surface area contributed by atoms with Gasteiger partial charge in [0.05, 0.1) is 0 Å². The molecule has 0 radical (unpaired) electrons. The van der Waals surface area contributed by atoms with Crippen molar-refractivity contribution >= 4 is 17.4 Å². The van der Waals surface area contributed by atoms with Crippen LogP contribution in [0.3, 0.4) is 0 Å². The zero-order valence-electron chi connectivity index (χ0n) is 16.0. The summed E-state index contributed by atoms with van der Waals surface area (Å²) in [5.74, 6) is 0.546. The van der Waals surface area contributed by atoms with E-state index in [0.717, 1.165) is 17.7 Å². The first-order valence-corrected chi connectivity index (χ1v) is 9.28. The molecule has 0 fully saturated rings. The van der Waals surface area contributed by atoms with Crippen molar-refractivity contribution in [2.75, 3.05) is 11.9 Å². The standard InChI is InChI=1S/C22H23FN4O/c1-3-16-6-10-19(11-7-16)27-21-14-20(25-15(2)26-21)22(28)24-13-12-17-4-8-18(23)9-5-17/h4-11,14H,3,12-13H2,1-2H3,(H,24,28)(H,25,26,27). The number of hydrogen-bond donors (Lipinski definition) is 2. The molecular formula is C22H23FN4O. The van der Waals surface area contributed by atoms with E-state index in [1.54, 1.807) is 25.1 Å². The maximum atomic E-state index is 12.9. The van der Waals surface area contributed by atoms with Gasteiger partial charge in [-0.1, -0.05) is 31.2 Å². The Morgan fingerprint density at radius 3 is 2.36 bits per heavy atom. The van der Waals surface area contributed by atoms with Gasteiger partial charge in [-0.2, -0.15) is 0 Å². The maximum Gasteiger partial charge on any atom is 0.270 e. The molecule has 0 aliphatic rings. The molecule has 3 rings (SSSR count). The van der Waals surface area contributed by atoms with Crippen molar-refractivity contribution in [1.29, 1.82) is 0 Å². The number of anilines is 2. The molecule has 0 atom stereocenters. The lowest BCUT2D eigenvalue weighted by Gasteiger charge is -2.10. The van der Waals surface area contributed by atoms with Gasteiger partial charge in [0.2, 0.25) is 0 Å². The Labute approximate surface area is 164 Å². The summed E-state index contributed by atoms with van der Waals surface area (Å²) in [4.78, 5) is 21.0. The monoisotopic (exact) mass is 378 g/mol. The number of nitrogens with zero attached hydrogens (tertiary/aromatic N) is 2. The van der Waals surface area contributed by atoms with Gasteiger partial charge in [0.1, 0.15) is 23.2 Å². The van der Waals surface area contributed by atoms with Crippen molar-refractivity contribution in [2.45, 2.75) is 26.7 Å². The average Bonchev–Trinajstić information content (AvgIpc) is 2.69. The van der Waals surface area contributed by atoms with Gasteiger partial charge in [0, 0.05) is 18.3 Å². The molecule has 0 saturated heterocycles. The molecule has 0 aliphatic heterocycles. The molecule has 0 bridgehead atoms. The van der Waals surface area contributed by atoms with E-state index in [0.29, 0.717) is 30.3 Å². The second kappa shape index (κ2) is 9.08. The number of benzene rings is 2. The van der Waals surface area contributed by atoms with E-state index in [-0.39, 0.29) is 11.7 Å². The Hall–Kier alpha value is -3.28. The topological polar surface area (TPSA) is 66.9 Å². The van der Waals surface area contributed by atoms with Gasteiger partial charge in [-0.05, 0) is 55.2 Å². The molecule has 2 N–H and O–H groups in total. The number of aryl methyl sites for hydroxylation is 2. The fourth-order valence-corrected chi connectivity index (χ4v) is 2.78. The lowest BCUT2D eigenvalue weighted by Crippen LogP contribution is -2.27. The van der Waals surface area contributed by atoms with E-state index >= 15 is 0 Å². The van der Waals surface area contributed by atoms with Gasteiger partial charge in [0.15, 0.2) is 0 Å². The molecule has 1 amide bonds. The number of halogens is 1. The second-order valence-electron chi connectivity index (χ2n) is 6.49. The van der Waals surface area contributed by atoms with Crippen LogP contribution in [-0.2, 0) is 12.8 Å². The van der Waals surface area contributed by atoms with Crippen LogP contribution >= 0.6 is 0 Å². The number of amides is 1. The molecule has 1 aromatic heterocycles. The van der Waals surface area contributed by atoms with E-state index < -0.39 is 0 Å². The summed E-state index contributed by atoms with van der Waals surface area (Å²) >= 11 is 0. The number of rotatable bonds is 7. The van der Waals surface area contributed by atoms with Crippen molar-refractivity contribution in [3.63, 3.8) is 0 Å². The summed E-state index contributed by atoms with van der Waals surface area (Å²) < 4.78 is 12.9. The van der Waals surface area contributed by atoms with Crippen LogP contribution < -0.4 is 10.6 Å². The van der Waals surface area contributed by atoms with Crippen LogP contribution in [0, 0.1) is 12.7 Å². The minimum atomic E-state index is -0.270. The van der Waals surface area contributed by atoms with E-state index in [2.05, 4.69) is 39.7 Å². The highest BCUT2D eigenvalue weighted by atomic mass is 19.1. The molecule has 0 unspecified atom stereocenters. The van der Waals surface area contributed by atoms with Gasteiger partial charge in [-0.3, -0.25) is 4.79 Å². The molecule has 0 aliphatic carbocycles. The number of carbonyl (C=O) groups is 1. The highest BCUT2D eigenvalue weighted by molar-refractivity contribution is 5.93. The Kier molecular flexibility index (Phi) is 6.32. The quantitative estimate of drug-likeness (QED) is 0.647. The molecule has 5 nitrogen and oxygen atoms in total.